The van der Waals surface area contributed by atoms with Crippen LogP contribution in [0, 0.1) is 0 Å². The molecular formula is C18H22O6. The fourth-order valence-corrected chi connectivity index (χ4v) is 2.04. The van der Waals surface area contributed by atoms with Crippen LogP contribution in [0.3, 0.4) is 0 Å². The fourth-order valence-electron chi connectivity index (χ4n) is 2.04. The highest BCUT2D eigenvalue weighted by molar-refractivity contribution is 6.08. The second kappa shape index (κ2) is 9.52. The van der Waals surface area contributed by atoms with Crippen LogP contribution in [0.25, 0.3) is 0 Å². The highest BCUT2D eigenvalue weighted by Crippen LogP contribution is 2.28. The van der Waals surface area contributed by atoms with Crippen molar-refractivity contribution in [2.75, 3.05) is 6.61 Å². The largest absolute Gasteiger partial charge is 0.508 e. The molecule has 3 N–H and O–H groups in total. The van der Waals surface area contributed by atoms with Gasteiger partial charge in [-0.2, -0.15) is 0 Å². The maximum Gasteiger partial charge on any atom is 0.310 e. The molecule has 6 heteroatoms. The number of ether oxygens (including phenoxy) is 1. The molecule has 0 aliphatic heterocycles. The van der Waals surface area contributed by atoms with E-state index in [-0.39, 0.29) is 29.9 Å². The molecule has 1 aromatic rings. The van der Waals surface area contributed by atoms with E-state index in [9.17, 15) is 19.8 Å². The van der Waals surface area contributed by atoms with Gasteiger partial charge in [0.2, 0.25) is 0 Å². The van der Waals surface area contributed by atoms with Gasteiger partial charge in [-0.15, -0.1) is 0 Å². The van der Waals surface area contributed by atoms with Crippen molar-refractivity contribution in [1.82, 2.24) is 0 Å². The Morgan fingerprint density at radius 2 is 1.96 bits per heavy atom. The smallest absolute Gasteiger partial charge is 0.310 e. The number of esters is 1. The molecule has 24 heavy (non-hydrogen) atoms. The molecule has 1 rings (SSSR count). The highest BCUT2D eigenvalue weighted by Gasteiger charge is 2.18. The van der Waals surface area contributed by atoms with Crippen molar-refractivity contribution in [2.45, 2.75) is 32.8 Å². The van der Waals surface area contributed by atoms with Crippen LogP contribution in [0.5, 0.6) is 11.5 Å². The lowest BCUT2D eigenvalue weighted by Crippen LogP contribution is -2.11. The molecule has 0 fully saturated rings. The summed E-state index contributed by atoms with van der Waals surface area (Å²) in [6.45, 7) is 3.50. The number of aliphatic hydroxyl groups is 1. The molecule has 0 amide bonds. The van der Waals surface area contributed by atoms with E-state index < -0.39 is 23.6 Å². The van der Waals surface area contributed by atoms with Crippen molar-refractivity contribution in [3.63, 3.8) is 0 Å². The Hall–Kier alpha value is -2.60. The first-order chi connectivity index (χ1) is 11.3. The second-order valence-corrected chi connectivity index (χ2v) is 5.22. The molecular weight excluding hydrogens is 312 g/mol. The average molecular weight is 334 g/mol. The Labute approximate surface area is 140 Å². The molecule has 0 aromatic heterocycles. The van der Waals surface area contributed by atoms with Crippen LogP contribution in [-0.4, -0.2) is 39.8 Å². The number of aliphatic hydroxyl groups excluding tert-OH is 1. The van der Waals surface area contributed by atoms with Gasteiger partial charge in [-0.05, 0) is 38.0 Å². The van der Waals surface area contributed by atoms with Gasteiger partial charge in [-0.1, -0.05) is 18.2 Å². The Kier molecular flexibility index (Phi) is 7.71. The molecule has 0 spiro atoms. The lowest BCUT2D eigenvalue weighted by Gasteiger charge is -2.09. The minimum absolute atomic E-state index is 0.0546. The van der Waals surface area contributed by atoms with Crippen LogP contribution in [0.15, 0.2) is 36.4 Å². The van der Waals surface area contributed by atoms with Gasteiger partial charge in [0.15, 0.2) is 5.78 Å². The predicted octanol–water partition coefficient (Wildman–Crippen LogP) is 2.27. The predicted molar refractivity (Wildman–Crippen MR) is 89.0 cm³/mol. The van der Waals surface area contributed by atoms with Crippen LogP contribution < -0.4 is 0 Å². The fraction of sp³-hybridized carbons (Fsp3) is 0.333. The summed E-state index contributed by atoms with van der Waals surface area (Å²) in [5, 5.41) is 28.6. The van der Waals surface area contributed by atoms with Gasteiger partial charge in [0.05, 0.1) is 24.7 Å². The summed E-state index contributed by atoms with van der Waals surface area (Å²) in [7, 11) is 0. The van der Waals surface area contributed by atoms with Crippen molar-refractivity contribution in [3.05, 3.63) is 47.6 Å². The van der Waals surface area contributed by atoms with Gasteiger partial charge in [-0.25, -0.2) is 0 Å². The Bertz CT molecular complexity index is 643. The SMILES string of the molecule is CCOC(=O)Cc1cc(O)cc(O)c1C(=O)C=CC=CC[C@H](C)O. The lowest BCUT2D eigenvalue weighted by molar-refractivity contribution is -0.142. The minimum Gasteiger partial charge on any atom is -0.508 e. The van der Waals surface area contributed by atoms with E-state index in [2.05, 4.69) is 0 Å². The summed E-state index contributed by atoms with van der Waals surface area (Å²) in [6, 6.07) is 2.29. The third-order valence-corrected chi connectivity index (χ3v) is 3.04. The standard InChI is InChI=1S/C18H22O6/c1-3-24-17(23)10-13-9-14(20)11-16(22)18(13)15(21)8-6-4-5-7-12(2)19/h4-6,8-9,11-12,19-20,22H,3,7,10H2,1-2H3/t12-/m0/s1. The van der Waals surface area contributed by atoms with Gasteiger partial charge in [-0.3, -0.25) is 9.59 Å². The zero-order valence-corrected chi connectivity index (χ0v) is 13.7. The van der Waals surface area contributed by atoms with Gasteiger partial charge >= 0.3 is 5.97 Å². The number of carbonyl (C=O) groups excluding carboxylic acids is 2. The first-order valence-electron chi connectivity index (χ1n) is 7.61. The molecule has 0 aliphatic carbocycles. The van der Waals surface area contributed by atoms with Gasteiger partial charge in [0.1, 0.15) is 11.5 Å². The van der Waals surface area contributed by atoms with E-state index >= 15 is 0 Å². The summed E-state index contributed by atoms with van der Waals surface area (Å²) < 4.78 is 4.83. The van der Waals surface area contributed by atoms with Crippen molar-refractivity contribution < 1.29 is 29.6 Å². The molecule has 0 saturated heterocycles. The second-order valence-electron chi connectivity index (χ2n) is 5.22. The lowest BCUT2D eigenvalue weighted by atomic mass is 9.99. The minimum atomic E-state index is -0.558. The molecule has 1 atom stereocenters. The molecule has 130 valence electrons. The van der Waals surface area contributed by atoms with Gasteiger partial charge in [0, 0.05) is 6.07 Å². The number of rotatable bonds is 8. The van der Waals surface area contributed by atoms with Crippen molar-refractivity contribution >= 4 is 11.8 Å². The monoisotopic (exact) mass is 334 g/mol. The zero-order chi connectivity index (χ0) is 18.1. The van der Waals surface area contributed by atoms with Crippen LogP contribution in [-0.2, 0) is 16.0 Å². The number of ketones is 1. The summed E-state index contributed by atoms with van der Waals surface area (Å²) in [5.74, 6) is -1.72. The number of carbonyl (C=O) groups is 2. The number of hydrogen-bond acceptors (Lipinski definition) is 6. The molecule has 0 saturated carbocycles. The molecule has 0 unspecified atom stereocenters. The third-order valence-electron chi connectivity index (χ3n) is 3.04. The Morgan fingerprint density at radius 1 is 1.25 bits per heavy atom. The zero-order valence-electron chi connectivity index (χ0n) is 13.7. The molecule has 0 bridgehead atoms. The van der Waals surface area contributed by atoms with Crippen LogP contribution in [0.1, 0.15) is 36.2 Å². The Morgan fingerprint density at radius 3 is 2.58 bits per heavy atom. The van der Waals surface area contributed by atoms with E-state index in [1.807, 2.05) is 0 Å². The number of aromatic hydroxyl groups is 2. The topological polar surface area (TPSA) is 104 Å². The van der Waals surface area contributed by atoms with E-state index in [4.69, 9.17) is 9.84 Å². The summed E-state index contributed by atoms with van der Waals surface area (Å²) in [5.41, 5.74) is 0.134. The summed E-state index contributed by atoms with van der Waals surface area (Å²) in [4.78, 5) is 23.9. The molecule has 1 aromatic carbocycles. The maximum absolute atomic E-state index is 12.3. The average Bonchev–Trinajstić information content (AvgIpc) is 2.45. The van der Waals surface area contributed by atoms with E-state index in [0.29, 0.717) is 6.42 Å². The quantitative estimate of drug-likeness (QED) is 0.292. The summed E-state index contributed by atoms with van der Waals surface area (Å²) in [6.07, 6.45) is 5.77. The third kappa shape index (κ3) is 6.26. The summed E-state index contributed by atoms with van der Waals surface area (Å²) >= 11 is 0. The first-order valence-corrected chi connectivity index (χ1v) is 7.61. The van der Waals surface area contributed by atoms with Crippen LogP contribution in [0.2, 0.25) is 0 Å². The highest BCUT2D eigenvalue weighted by atomic mass is 16.5. The molecule has 0 heterocycles. The van der Waals surface area contributed by atoms with Crippen molar-refractivity contribution in [1.29, 1.82) is 0 Å². The number of benzene rings is 1. The molecule has 6 nitrogen and oxygen atoms in total. The van der Waals surface area contributed by atoms with Gasteiger partial charge < -0.3 is 20.1 Å². The van der Waals surface area contributed by atoms with Crippen LogP contribution in [0.4, 0.5) is 0 Å². The number of phenols is 2. The number of hydrogen-bond donors (Lipinski definition) is 3. The number of allylic oxidation sites excluding steroid dienone is 3. The normalized spacial score (nSPS) is 12.6. The molecule has 0 radical (unpaired) electrons. The van der Waals surface area contributed by atoms with E-state index in [1.165, 1.54) is 18.2 Å². The Balaban J connectivity index is 2.99. The number of phenolic OH excluding ortho intramolecular Hbond substituents is 2. The van der Waals surface area contributed by atoms with Crippen LogP contribution >= 0.6 is 0 Å². The van der Waals surface area contributed by atoms with E-state index in [0.717, 1.165) is 6.07 Å². The van der Waals surface area contributed by atoms with Crippen molar-refractivity contribution in [3.8, 4) is 11.5 Å². The maximum atomic E-state index is 12.3. The van der Waals surface area contributed by atoms with E-state index in [1.54, 1.807) is 26.0 Å². The first kappa shape index (κ1) is 19.4. The van der Waals surface area contributed by atoms with Crippen molar-refractivity contribution in [2.24, 2.45) is 0 Å². The molecule has 0 aliphatic rings. The van der Waals surface area contributed by atoms with Gasteiger partial charge in [0.25, 0.3) is 0 Å².